The molecule has 0 aliphatic heterocycles. The minimum absolute atomic E-state index is 0.0718. The highest BCUT2D eigenvalue weighted by Crippen LogP contribution is 2.28. The summed E-state index contributed by atoms with van der Waals surface area (Å²) in [6.45, 7) is 5.19. The Morgan fingerprint density at radius 3 is 2.27 bits per heavy atom. The molecule has 0 heterocycles. The van der Waals surface area contributed by atoms with Crippen LogP contribution in [0.5, 0.6) is 5.75 Å². The summed E-state index contributed by atoms with van der Waals surface area (Å²) in [4.78, 5) is 12.1. The second kappa shape index (κ2) is 8.23. The summed E-state index contributed by atoms with van der Waals surface area (Å²) in [6.07, 6.45) is 0. The summed E-state index contributed by atoms with van der Waals surface area (Å²) in [5, 5.41) is 0. The van der Waals surface area contributed by atoms with Gasteiger partial charge in [-0.3, -0.25) is 9.10 Å². The van der Waals surface area contributed by atoms with E-state index in [1.807, 2.05) is 26.0 Å². The molecular formula is C19H23NO5S. The third kappa shape index (κ3) is 4.35. The number of hydrogen-bond donors (Lipinski definition) is 0. The Hall–Kier alpha value is -2.54. The lowest BCUT2D eigenvalue weighted by Gasteiger charge is -2.25. The van der Waals surface area contributed by atoms with Gasteiger partial charge in [0, 0.05) is 0 Å². The molecule has 0 bridgehead atoms. The van der Waals surface area contributed by atoms with Crippen molar-refractivity contribution in [3.05, 3.63) is 53.6 Å². The zero-order valence-electron chi connectivity index (χ0n) is 15.4. The molecule has 0 radical (unpaired) electrons. The minimum Gasteiger partial charge on any atom is -0.497 e. The van der Waals surface area contributed by atoms with Crippen molar-refractivity contribution in [3.8, 4) is 5.75 Å². The van der Waals surface area contributed by atoms with Crippen LogP contribution in [0.15, 0.2) is 47.4 Å². The van der Waals surface area contributed by atoms with Crippen LogP contribution in [0.25, 0.3) is 0 Å². The number of sulfonamides is 1. The fourth-order valence-corrected chi connectivity index (χ4v) is 4.06. The van der Waals surface area contributed by atoms with Crippen molar-refractivity contribution in [2.75, 3.05) is 24.6 Å². The van der Waals surface area contributed by atoms with E-state index in [1.165, 1.54) is 19.2 Å². The molecule has 7 heteroatoms. The maximum atomic E-state index is 13.2. The van der Waals surface area contributed by atoms with E-state index in [0.717, 1.165) is 15.4 Å². The maximum absolute atomic E-state index is 13.2. The van der Waals surface area contributed by atoms with Crippen molar-refractivity contribution in [1.29, 1.82) is 0 Å². The maximum Gasteiger partial charge on any atom is 0.326 e. The van der Waals surface area contributed by atoms with Crippen LogP contribution in [0, 0.1) is 13.8 Å². The SMILES string of the molecule is CCOC(=O)CN(c1ccc(C)cc1C)S(=O)(=O)c1ccc(OC)cc1. The molecule has 0 saturated carbocycles. The molecule has 0 amide bonds. The van der Waals surface area contributed by atoms with E-state index in [9.17, 15) is 13.2 Å². The smallest absolute Gasteiger partial charge is 0.326 e. The van der Waals surface area contributed by atoms with E-state index in [4.69, 9.17) is 9.47 Å². The van der Waals surface area contributed by atoms with Crippen molar-refractivity contribution in [1.82, 2.24) is 0 Å². The fraction of sp³-hybridized carbons (Fsp3) is 0.316. The molecule has 2 rings (SSSR count). The van der Waals surface area contributed by atoms with Gasteiger partial charge in [0.2, 0.25) is 0 Å². The molecule has 140 valence electrons. The van der Waals surface area contributed by atoms with Gasteiger partial charge >= 0.3 is 5.97 Å². The number of nitrogens with zero attached hydrogens (tertiary/aromatic N) is 1. The first kappa shape index (κ1) is 19.8. The number of anilines is 1. The number of ether oxygens (including phenoxy) is 2. The first-order valence-corrected chi connectivity index (χ1v) is 9.63. The summed E-state index contributed by atoms with van der Waals surface area (Å²) in [5.41, 5.74) is 2.20. The Balaban J connectivity index is 2.51. The van der Waals surface area contributed by atoms with Gasteiger partial charge < -0.3 is 9.47 Å². The topological polar surface area (TPSA) is 72.9 Å². The highest BCUT2D eigenvalue weighted by Gasteiger charge is 2.28. The van der Waals surface area contributed by atoms with Crippen LogP contribution in [0.1, 0.15) is 18.1 Å². The predicted octanol–water partition coefficient (Wildman–Crippen LogP) is 3.07. The molecule has 2 aromatic rings. The summed E-state index contributed by atoms with van der Waals surface area (Å²) < 4.78 is 37.5. The summed E-state index contributed by atoms with van der Waals surface area (Å²) in [6, 6.07) is 11.4. The number of hydrogen-bond acceptors (Lipinski definition) is 5. The van der Waals surface area contributed by atoms with Crippen molar-refractivity contribution in [2.45, 2.75) is 25.7 Å². The van der Waals surface area contributed by atoms with Crippen molar-refractivity contribution in [2.24, 2.45) is 0 Å². The van der Waals surface area contributed by atoms with E-state index >= 15 is 0 Å². The van der Waals surface area contributed by atoms with Gasteiger partial charge in [-0.05, 0) is 56.7 Å². The first-order chi connectivity index (χ1) is 12.3. The molecule has 26 heavy (non-hydrogen) atoms. The van der Waals surface area contributed by atoms with Gasteiger partial charge in [-0.1, -0.05) is 17.7 Å². The Kier molecular flexibility index (Phi) is 6.26. The lowest BCUT2D eigenvalue weighted by Crippen LogP contribution is -2.37. The largest absolute Gasteiger partial charge is 0.497 e. The van der Waals surface area contributed by atoms with Gasteiger partial charge in [0.25, 0.3) is 10.0 Å². The highest BCUT2D eigenvalue weighted by atomic mass is 32.2. The molecule has 0 saturated heterocycles. The Morgan fingerprint density at radius 1 is 1.08 bits per heavy atom. The average Bonchev–Trinajstić information content (AvgIpc) is 2.60. The quantitative estimate of drug-likeness (QED) is 0.694. The third-order valence-electron chi connectivity index (χ3n) is 3.85. The fourth-order valence-electron chi connectivity index (χ4n) is 2.58. The molecule has 2 aromatic carbocycles. The van der Waals surface area contributed by atoms with Crippen LogP contribution in [0.3, 0.4) is 0 Å². The second-order valence-electron chi connectivity index (χ2n) is 5.78. The van der Waals surface area contributed by atoms with Crippen LogP contribution in [-0.2, 0) is 19.6 Å². The number of carbonyl (C=O) groups excluding carboxylic acids is 1. The second-order valence-corrected chi connectivity index (χ2v) is 7.64. The van der Waals surface area contributed by atoms with E-state index in [2.05, 4.69) is 0 Å². The van der Waals surface area contributed by atoms with Gasteiger partial charge in [-0.25, -0.2) is 8.42 Å². The van der Waals surface area contributed by atoms with Crippen LogP contribution in [0.4, 0.5) is 5.69 Å². The van der Waals surface area contributed by atoms with Crippen LogP contribution in [0.2, 0.25) is 0 Å². The molecule has 0 fully saturated rings. The van der Waals surface area contributed by atoms with Crippen molar-refractivity contribution in [3.63, 3.8) is 0 Å². The van der Waals surface area contributed by atoms with Crippen molar-refractivity contribution >= 4 is 21.7 Å². The Labute approximate surface area is 154 Å². The molecule has 6 nitrogen and oxygen atoms in total. The molecule has 0 aliphatic rings. The highest BCUT2D eigenvalue weighted by molar-refractivity contribution is 7.92. The Morgan fingerprint density at radius 2 is 1.73 bits per heavy atom. The monoisotopic (exact) mass is 377 g/mol. The molecule has 0 N–H and O–H groups in total. The van der Waals surface area contributed by atoms with Crippen molar-refractivity contribution < 1.29 is 22.7 Å². The normalized spacial score (nSPS) is 11.1. The average molecular weight is 377 g/mol. The standard InChI is InChI=1S/C19H23NO5S/c1-5-25-19(21)13-20(18-11-6-14(2)12-15(18)3)26(22,23)17-9-7-16(24-4)8-10-17/h6-12H,5,13H2,1-4H3. The van der Waals surface area contributed by atoms with Crippen LogP contribution in [-0.4, -0.2) is 34.6 Å². The summed E-state index contributed by atoms with van der Waals surface area (Å²) in [5.74, 6) is -0.0584. The molecular weight excluding hydrogens is 354 g/mol. The van der Waals surface area contributed by atoms with Gasteiger partial charge in [0.05, 0.1) is 24.3 Å². The molecule has 0 aliphatic carbocycles. The lowest BCUT2D eigenvalue weighted by molar-refractivity contribution is -0.141. The third-order valence-corrected chi connectivity index (χ3v) is 5.62. The van der Waals surface area contributed by atoms with E-state index in [0.29, 0.717) is 11.4 Å². The number of benzene rings is 2. The number of rotatable bonds is 7. The zero-order valence-corrected chi connectivity index (χ0v) is 16.2. The molecule has 0 spiro atoms. The zero-order chi connectivity index (χ0) is 19.3. The molecule has 0 aromatic heterocycles. The van der Waals surface area contributed by atoms with Gasteiger partial charge in [0.1, 0.15) is 12.3 Å². The summed E-state index contributed by atoms with van der Waals surface area (Å²) in [7, 11) is -2.44. The van der Waals surface area contributed by atoms with Crippen LogP contribution < -0.4 is 9.04 Å². The van der Waals surface area contributed by atoms with Gasteiger partial charge in [0.15, 0.2) is 0 Å². The molecule has 0 unspecified atom stereocenters. The van der Waals surface area contributed by atoms with E-state index in [1.54, 1.807) is 25.1 Å². The first-order valence-electron chi connectivity index (χ1n) is 8.19. The lowest BCUT2D eigenvalue weighted by atomic mass is 10.1. The van der Waals surface area contributed by atoms with E-state index < -0.39 is 22.5 Å². The number of aryl methyl sites for hydroxylation is 2. The van der Waals surface area contributed by atoms with Gasteiger partial charge in [-0.2, -0.15) is 0 Å². The van der Waals surface area contributed by atoms with E-state index in [-0.39, 0.29) is 11.5 Å². The minimum atomic E-state index is -3.95. The Bertz CT molecular complexity index is 875. The van der Waals surface area contributed by atoms with Crippen LogP contribution >= 0.6 is 0 Å². The number of esters is 1. The van der Waals surface area contributed by atoms with Gasteiger partial charge in [-0.15, -0.1) is 0 Å². The number of methoxy groups -OCH3 is 1. The molecule has 0 atom stereocenters. The summed E-state index contributed by atoms with van der Waals surface area (Å²) >= 11 is 0. The number of carbonyl (C=O) groups is 1. The predicted molar refractivity (Wildman–Crippen MR) is 100 cm³/mol.